The highest BCUT2D eigenvalue weighted by molar-refractivity contribution is 6.14. The van der Waals surface area contributed by atoms with Crippen LogP contribution in [0.4, 0.5) is 0 Å². The molecule has 0 saturated heterocycles. The standard InChI is InChI=1S/C25H31N3O2/c1-4-10-22-23(30)25(27-24(22)26,20-12-7-6-8-13-20)21-14-9-11-19(17-21)15-16-28(5-2)18(3)29/h6-9,11-14,17,22H,4-5,10,15-16H2,1-3H3,(H2,26,27). The summed E-state index contributed by atoms with van der Waals surface area (Å²) < 4.78 is 0. The molecule has 1 amide bonds. The van der Waals surface area contributed by atoms with Gasteiger partial charge in [0.25, 0.3) is 0 Å². The van der Waals surface area contributed by atoms with Crippen LogP contribution in [0.1, 0.15) is 50.3 Å². The number of carbonyl (C=O) groups excluding carboxylic acids is 2. The van der Waals surface area contributed by atoms with E-state index in [0.29, 0.717) is 25.3 Å². The van der Waals surface area contributed by atoms with Crippen LogP contribution in [0.2, 0.25) is 0 Å². The Morgan fingerprint density at radius 1 is 1.10 bits per heavy atom. The van der Waals surface area contributed by atoms with Crippen molar-refractivity contribution < 1.29 is 9.59 Å². The van der Waals surface area contributed by atoms with E-state index in [1.807, 2.05) is 66.4 Å². The molecule has 0 bridgehead atoms. The van der Waals surface area contributed by atoms with Gasteiger partial charge in [-0.15, -0.1) is 0 Å². The second-order valence-electron chi connectivity index (χ2n) is 7.87. The van der Waals surface area contributed by atoms with E-state index >= 15 is 0 Å². The highest BCUT2D eigenvalue weighted by Gasteiger charge is 2.50. The normalized spacial score (nSPS) is 20.8. The van der Waals surface area contributed by atoms with Crippen molar-refractivity contribution in [1.82, 2.24) is 4.90 Å². The number of aliphatic imine (C=N–C) groups is 1. The van der Waals surface area contributed by atoms with Crippen LogP contribution in [0.5, 0.6) is 0 Å². The lowest BCUT2D eigenvalue weighted by Crippen LogP contribution is -2.36. The topological polar surface area (TPSA) is 75.8 Å². The number of amides is 1. The fourth-order valence-corrected chi connectivity index (χ4v) is 4.29. The Balaban J connectivity index is 2.03. The first-order valence-electron chi connectivity index (χ1n) is 10.7. The maximum atomic E-state index is 13.7. The van der Waals surface area contributed by atoms with Gasteiger partial charge in [0.1, 0.15) is 5.84 Å². The number of nitrogens with zero attached hydrogens (tertiary/aromatic N) is 2. The predicted octanol–water partition coefficient (Wildman–Crippen LogP) is 3.70. The number of Topliss-reactive ketones (excluding diaryl/α,β-unsaturated/α-hetero) is 1. The number of amidine groups is 1. The van der Waals surface area contributed by atoms with Crippen molar-refractivity contribution in [2.24, 2.45) is 16.6 Å². The highest BCUT2D eigenvalue weighted by atomic mass is 16.2. The fraction of sp³-hybridized carbons (Fsp3) is 0.400. The number of nitrogens with two attached hydrogens (primary N) is 1. The average Bonchev–Trinajstić information content (AvgIpc) is 3.01. The van der Waals surface area contributed by atoms with Crippen molar-refractivity contribution in [3.8, 4) is 0 Å². The highest BCUT2D eigenvalue weighted by Crippen LogP contribution is 2.42. The Labute approximate surface area is 179 Å². The molecule has 158 valence electrons. The summed E-state index contributed by atoms with van der Waals surface area (Å²) in [6.07, 6.45) is 2.29. The molecule has 2 unspecified atom stereocenters. The third-order valence-electron chi connectivity index (χ3n) is 5.94. The van der Waals surface area contributed by atoms with Crippen LogP contribution < -0.4 is 5.73 Å². The number of hydrogen-bond acceptors (Lipinski definition) is 4. The summed E-state index contributed by atoms with van der Waals surface area (Å²) in [5, 5.41) is 0. The van der Waals surface area contributed by atoms with Crippen LogP contribution in [-0.4, -0.2) is 35.5 Å². The van der Waals surface area contributed by atoms with Gasteiger partial charge in [-0.1, -0.05) is 67.9 Å². The molecule has 2 aromatic carbocycles. The maximum absolute atomic E-state index is 13.7. The Hall–Kier alpha value is -2.95. The molecule has 2 atom stereocenters. The molecule has 1 aliphatic rings. The van der Waals surface area contributed by atoms with E-state index < -0.39 is 5.54 Å². The van der Waals surface area contributed by atoms with Crippen molar-refractivity contribution in [3.63, 3.8) is 0 Å². The number of benzene rings is 2. The van der Waals surface area contributed by atoms with E-state index in [9.17, 15) is 9.59 Å². The largest absolute Gasteiger partial charge is 0.387 e. The van der Waals surface area contributed by atoms with Gasteiger partial charge in [-0.25, -0.2) is 4.99 Å². The lowest BCUT2D eigenvalue weighted by molar-refractivity contribution is -0.128. The number of carbonyl (C=O) groups is 2. The average molecular weight is 406 g/mol. The Bertz CT molecular complexity index is 938. The zero-order valence-corrected chi connectivity index (χ0v) is 18.1. The minimum absolute atomic E-state index is 0.0455. The van der Waals surface area contributed by atoms with Crippen molar-refractivity contribution in [1.29, 1.82) is 0 Å². The van der Waals surface area contributed by atoms with Crippen LogP contribution in [0.25, 0.3) is 0 Å². The third-order valence-corrected chi connectivity index (χ3v) is 5.94. The lowest BCUT2D eigenvalue weighted by atomic mass is 9.76. The molecular formula is C25H31N3O2. The molecule has 0 fully saturated rings. The predicted molar refractivity (Wildman–Crippen MR) is 120 cm³/mol. The van der Waals surface area contributed by atoms with Gasteiger partial charge >= 0.3 is 0 Å². The van der Waals surface area contributed by atoms with Crippen molar-refractivity contribution in [2.45, 2.75) is 45.6 Å². The molecule has 5 heteroatoms. The first-order chi connectivity index (χ1) is 14.4. The molecule has 0 radical (unpaired) electrons. The van der Waals surface area contributed by atoms with E-state index in [1.54, 1.807) is 6.92 Å². The maximum Gasteiger partial charge on any atom is 0.219 e. The molecule has 0 aromatic heterocycles. The number of hydrogen-bond donors (Lipinski definition) is 1. The quantitative estimate of drug-likeness (QED) is 0.728. The summed E-state index contributed by atoms with van der Waals surface area (Å²) in [4.78, 5) is 32.0. The van der Waals surface area contributed by atoms with Gasteiger partial charge in [0.2, 0.25) is 5.91 Å². The van der Waals surface area contributed by atoms with Gasteiger partial charge in [0.05, 0.1) is 5.92 Å². The molecule has 5 nitrogen and oxygen atoms in total. The van der Waals surface area contributed by atoms with Gasteiger partial charge in [-0.2, -0.15) is 0 Å². The minimum Gasteiger partial charge on any atom is -0.387 e. The molecule has 3 rings (SSSR count). The number of likely N-dealkylation sites (N-methyl/N-ethyl adjacent to an activating group) is 1. The zero-order chi connectivity index (χ0) is 21.7. The van der Waals surface area contributed by atoms with Crippen LogP contribution >= 0.6 is 0 Å². The van der Waals surface area contributed by atoms with E-state index in [1.165, 1.54) is 0 Å². The monoisotopic (exact) mass is 405 g/mol. The van der Waals surface area contributed by atoms with Crippen LogP contribution in [0.3, 0.4) is 0 Å². The fourth-order valence-electron chi connectivity index (χ4n) is 4.29. The Morgan fingerprint density at radius 3 is 2.43 bits per heavy atom. The van der Waals surface area contributed by atoms with Gasteiger partial charge in [0, 0.05) is 20.0 Å². The molecule has 2 aromatic rings. The summed E-state index contributed by atoms with van der Waals surface area (Å²) >= 11 is 0. The van der Waals surface area contributed by atoms with Gasteiger partial charge in [-0.3, -0.25) is 9.59 Å². The molecule has 0 saturated carbocycles. The van der Waals surface area contributed by atoms with Crippen molar-refractivity contribution >= 4 is 17.5 Å². The van der Waals surface area contributed by atoms with Gasteiger partial charge in [-0.05, 0) is 36.5 Å². The van der Waals surface area contributed by atoms with Gasteiger partial charge < -0.3 is 10.6 Å². The second kappa shape index (κ2) is 9.24. The first kappa shape index (κ1) is 21.8. The van der Waals surface area contributed by atoms with E-state index in [4.69, 9.17) is 10.7 Å². The number of rotatable bonds is 8. The summed E-state index contributed by atoms with van der Waals surface area (Å²) in [7, 11) is 0. The van der Waals surface area contributed by atoms with Crippen molar-refractivity contribution in [2.75, 3.05) is 13.1 Å². The van der Waals surface area contributed by atoms with E-state index in [2.05, 4.69) is 6.92 Å². The first-order valence-corrected chi connectivity index (χ1v) is 10.7. The molecule has 1 heterocycles. The molecule has 1 aliphatic heterocycles. The van der Waals surface area contributed by atoms with Crippen LogP contribution in [-0.2, 0) is 21.5 Å². The number of ketones is 1. The lowest BCUT2D eigenvalue weighted by Gasteiger charge is -2.27. The summed E-state index contributed by atoms with van der Waals surface area (Å²) in [5.74, 6) is 0.182. The molecule has 0 spiro atoms. The Kier molecular flexibility index (Phi) is 6.70. The molecule has 30 heavy (non-hydrogen) atoms. The van der Waals surface area contributed by atoms with Gasteiger partial charge in [0.15, 0.2) is 11.3 Å². The van der Waals surface area contributed by atoms with E-state index in [-0.39, 0.29) is 17.6 Å². The van der Waals surface area contributed by atoms with Crippen LogP contribution in [0.15, 0.2) is 59.6 Å². The van der Waals surface area contributed by atoms with Crippen LogP contribution in [0, 0.1) is 5.92 Å². The summed E-state index contributed by atoms with van der Waals surface area (Å²) in [6, 6.07) is 17.7. The zero-order valence-electron chi connectivity index (χ0n) is 18.1. The SMILES string of the molecule is CCCC1C(=O)C(c2ccccc2)(c2cccc(CCN(CC)C(C)=O)c2)N=C1N. The van der Waals surface area contributed by atoms with Crippen molar-refractivity contribution in [3.05, 3.63) is 71.3 Å². The minimum atomic E-state index is -1.10. The molecular weight excluding hydrogens is 374 g/mol. The summed E-state index contributed by atoms with van der Waals surface area (Å²) in [6.45, 7) is 6.95. The third kappa shape index (κ3) is 4.02. The van der Waals surface area contributed by atoms with E-state index in [0.717, 1.165) is 29.5 Å². The Morgan fingerprint density at radius 2 is 1.80 bits per heavy atom. The molecule has 2 N–H and O–H groups in total. The molecule has 0 aliphatic carbocycles. The smallest absolute Gasteiger partial charge is 0.219 e. The second-order valence-corrected chi connectivity index (χ2v) is 7.87. The summed E-state index contributed by atoms with van der Waals surface area (Å²) in [5.41, 5.74) is 7.92.